The minimum Gasteiger partial charge on any atom is -0.479 e. The Bertz CT molecular complexity index is 217. The first-order chi connectivity index (χ1) is 5.89. The molecule has 0 amide bonds. The summed E-state index contributed by atoms with van der Waals surface area (Å²) in [5, 5.41) is 36.2. The lowest BCUT2D eigenvalue weighted by molar-refractivity contribution is -0.235. The second-order valence-electron chi connectivity index (χ2n) is 3.23. The van der Waals surface area contributed by atoms with Gasteiger partial charge in [0.05, 0.1) is 6.61 Å². The molecule has 1 aliphatic heterocycles. The summed E-state index contributed by atoms with van der Waals surface area (Å²) in [6.07, 6.45) is -4.37. The molecule has 6 heteroatoms. The number of aliphatic hydroxyl groups is 3. The van der Waals surface area contributed by atoms with Gasteiger partial charge in [-0.3, -0.25) is 0 Å². The van der Waals surface area contributed by atoms with Gasteiger partial charge in [0, 0.05) is 0 Å². The van der Waals surface area contributed by atoms with Crippen LogP contribution in [0.5, 0.6) is 0 Å². The van der Waals surface area contributed by atoms with Gasteiger partial charge in [0.1, 0.15) is 18.3 Å². The van der Waals surface area contributed by atoms with E-state index in [1.807, 2.05) is 0 Å². The maximum absolute atomic E-state index is 10.7. The Morgan fingerprint density at radius 1 is 1.46 bits per heavy atom. The van der Waals surface area contributed by atoms with E-state index in [4.69, 9.17) is 14.9 Å². The number of hydrogen-bond donors (Lipinski definition) is 4. The van der Waals surface area contributed by atoms with Crippen molar-refractivity contribution in [3.8, 4) is 0 Å². The Kier molecular flexibility index (Phi) is 2.58. The van der Waals surface area contributed by atoms with Crippen molar-refractivity contribution in [1.29, 1.82) is 0 Å². The lowest BCUT2D eigenvalue weighted by atomic mass is 9.89. The number of aliphatic hydroxyl groups excluding tert-OH is 3. The molecule has 76 valence electrons. The summed E-state index contributed by atoms with van der Waals surface area (Å²) in [5.41, 5.74) is -1.85. The topological polar surface area (TPSA) is 107 Å². The van der Waals surface area contributed by atoms with E-state index in [1.165, 1.54) is 0 Å². The smallest absolute Gasteiger partial charge is 0.338 e. The number of hydrogen-bond acceptors (Lipinski definition) is 5. The van der Waals surface area contributed by atoms with Crippen LogP contribution >= 0.6 is 0 Å². The predicted octanol–water partition coefficient (Wildman–Crippen LogP) is -2.06. The molecular weight excluding hydrogens is 180 g/mol. The standard InChI is InChI=1S/C7H12O6/c1-7(6(11)12)5(10)4(9)3(8)2-13-7/h3-5,8-10H,2H2,1H3,(H,11,12)/t3?,4?,5-,7?/m0/s1. The highest BCUT2D eigenvalue weighted by Crippen LogP contribution is 2.25. The van der Waals surface area contributed by atoms with Gasteiger partial charge in [0.15, 0.2) is 5.60 Å². The molecule has 1 aliphatic rings. The van der Waals surface area contributed by atoms with Crippen LogP contribution < -0.4 is 0 Å². The number of ether oxygens (including phenoxy) is 1. The Hall–Kier alpha value is -0.690. The summed E-state index contributed by atoms with van der Waals surface area (Å²) < 4.78 is 4.76. The van der Waals surface area contributed by atoms with Crippen LogP contribution in [-0.4, -0.2) is 56.9 Å². The molecule has 0 aromatic rings. The Labute approximate surface area is 74.4 Å². The zero-order valence-corrected chi connectivity index (χ0v) is 7.04. The zero-order chi connectivity index (χ0) is 10.2. The summed E-state index contributed by atoms with van der Waals surface area (Å²) in [6.45, 7) is 0.843. The summed E-state index contributed by atoms with van der Waals surface area (Å²) in [5.74, 6) is -1.37. The van der Waals surface area contributed by atoms with Gasteiger partial charge in [-0.25, -0.2) is 4.79 Å². The van der Waals surface area contributed by atoms with Crippen LogP contribution in [0.15, 0.2) is 0 Å². The number of carboxylic acid groups (broad SMARTS) is 1. The Balaban J connectivity index is 2.85. The maximum atomic E-state index is 10.7. The van der Waals surface area contributed by atoms with Crippen molar-refractivity contribution in [1.82, 2.24) is 0 Å². The van der Waals surface area contributed by atoms with Crippen molar-refractivity contribution in [2.45, 2.75) is 30.8 Å². The van der Waals surface area contributed by atoms with Gasteiger partial charge in [-0.15, -0.1) is 0 Å². The molecular formula is C7H12O6. The Morgan fingerprint density at radius 3 is 2.46 bits per heavy atom. The summed E-state index contributed by atoms with van der Waals surface area (Å²) in [4.78, 5) is 10.7. The summed E-state index contributed by atoms with van der Waals surface area (Å²) in [7, 11) is 0. The van der Waals surface area contributed by atoms with Crippen molar-refractivity contribution in [2.75, 3.05) is 6.61 Å². The molecule has 3 unspecified atom stereocenters. The normalized spacial score (nSPS) is 46.0. The predicted molar refractivity (Wildman–Crippen MR) is 40.0 cm³/mol. The number of rotatable bonds is 1. The SMILES string of the molecule is CC1(C(=O)O)OCC(O)C(O)[C@@H]1O. The van der Waals surface area contributed by atoms with Crippen molar-refractivity contribution in [2.24, 2.45) is 0 Å². The molecule has 0 spiro atoms. The highest BCUT2D eigenvalue weighted by molar-refractivity contribution is 5.78. The minimum atomic E-state index is -1.85. The van der Waals surface area contributed by atoms with Crippen molar-refractivity contribution < 1.29 is 30.0 Å². The van der Waals surface area contributed by atoms with Crippen LogP contribution in [0.4, 0.5) is 0 Å². The molecule has 0 aromatic heterocycles. The monoisotopic (exact) mass is 192 g/mol. The summed E-state index contributed by atoms with van der Waals surface area (Å²) in [6, 6.07) is 0. The molecule has 0 saturated carbocycles. The van der Waals surface area contributed by atoms with E-state index in [1.54, 1.807) is 0 Å². The second-order valence-corrected chi connectivity index (χ2v) is 3.23. The van der Waals surface area contributed by atoms with Crippen LogP contribution in [0.25, 0.3) is 0 Å². The average molecular weight is 192 g/mol. The number of carboxylic acids is 1. The fourth-order valence-electron chi connectivity index (χ4n) is 1.17. The highest BCUT2D eigenvalue weighted by atomic mass is 16.6. The molecule has 4 atom stereocenters. The molecule has 1 rings (SSSR count). The lowest BCUT2D eigenvalue weighted by Crippen LogP contribution is -2.62. The zero-order valence-electron chi connectivity index (χ0n) is 7.04. The molecule has 1 heterocycles. The lowest BCUT2D eigenvalue weighted by Gasteiger charge is -2.40. The quantitative estimate of drug-likeness (QED) is 0.380. The van der Waals surface area contributed by atoms with Crippen LogP contribution in [0.1, 0.15) is 6.92 Å². The van der Waals surface area contributed by atoms with Gasteiger partial charge in [-0.1, -0.05) is 0 Å². The van der Waals surface area contributed by atoms with Gasteiger partial charge in [-0.2, -0.15) is 0 Å². The number of aliphatic carboxylic acids is 1. The van der Waals surface area contributed by atoms with Gasteiger partial charge in [0.2, 0.25) is 0 Å². The minimum absolute atomic E-state index is 0.305. The maximum Gasteiger partial charge on any atom is 0.338 e. The third-order valence-electron chi connectivity index (χ3n) is 2.26. The van der Waals surface area contributed by atoms with Crippen molar-refractivity contribution >= 4 is 5.97 Å². The molecule has 1 fully saturated rings. The van der Waals surface area contributed by atoms with E-state index >= 15 is 0 Å². The van der Waals surface area contributed by atoms with Crippen LogP contribution in [0.2, 0.25) is 0 Å². The third-order valence-corrected chi connectivity index (χ3v) is 2.26. The van der Waals surface area contributed by atoms with Crippen LogP contribution in [-0.2, 0) is 9.53 Å². The van der Waals surface area contributed by atoms with Gasteiger partial charge >= 0.3 is 5.97 Å². The Morgan fingerprint density at radius 2 is 2.00 bits per heavy atom. The van der Waals surface area contributed by atoms with Gasteiger partial charge in [-0.05, 0) is 6.92 Å². The van der Waals surface area contributed by atoms with E-state index in [9.17, 15) is 15.0 Å². The molecule has 0 aliphatic carbocycles. The number of carbonyl (C=O) groups is 1. The van der Waals surface area contributed by atoms with E-state index in [-0.39, 0.29) is 6.61 Å². The van der Waals surface area contributed by atoms with Crippen molar-refractivity contribution in [3.63, 3.8) is 0 Å². The van der Waals surface area contributed by atoms with E-state index in [0.717, 1.165) is 6.92 Å². The molecule has 13 heavy (non-hydrogen) atoms. The molecule has 0 radical (unpaired) electrons. The first-order valence-electron chi connectivity index (χ1n) is 3.81. The third kappa shape index (κ3) is 1.53. The van der Waals surface area contributed by atoms with Gasteiger partial charge in [0.25, 0.3) is 0 Å². The fourth-order valence-corrected chi connectivity index (χ4v) is 1.17. The fraction of sp³-hybridized carbons (Fsp3) is 0.857. The van der Waals surface area contributed by atoms with E-state index in [2.05, 4.69) is 0 Å². The second kappa shape index (κ2) is 3.22. The first-order valence-corrected chi connectivity index (χ1v) is 3.81. The molecule has 0 bridgehead atoms. The highest BCUT2D eigenvalue weighted by Gasteiger charge is 2.51. The largest absolute Gasteiger partial charge is 0.479 e. The van der Waals surface area contributed by atoms with E-state index < -0.39 is 29.9 Å². The molecule has 6 nitrogen and oxygen atoms in total. The van der Waals surface area contributed by atoms with Crippen LogP contribution in [0.3, 0.4) is 0 Å². The first kappa shape index (κ1) is 10.4. The van der Waals surface area contributed by atoms with Crippen LogP contribution in [0, 0.1) is 0 Å². The summed E-state index contributed by atoms with van der Waals surface area (Å²) >= 11 is 0. The molecule has 1 saturated heterocycles. The molecule has 0 aromatic carbocycles. The van der Waals surface area contributed by atoms with Crippen molar-refractivity contribution in [3.05, 3.63) is 0 Å². The van der Waals surface area contributed by atoms with E-state index in [0.29, 0.717) is 0 Å². The average Bonchev–Trinajstić information content (AvgIpc) is 2.08. The molecule has 4 N–H and O–H groups in total. The van der Waals surface area contributed by atoms with Gasteiger partial charge < -0.3 is 25.2 Å².